The second kappa shape index (κ2) is 7.73. The Kier molecular flexibility index (Phi) is 5.15. The summed E-state index contributed by atoms with van der Waals surface area (Å²) in [7, 11) is 0. The average molecular weight is 379 g/mol. The minimum atomic E-state index is -0.0995. The first-order valence-electron chi connectivity index (χ1n) is 9.61. The molecule has 6 nitrogen and oxygen atoms in total. The van der Waals surface area contributed by atoms with Gasteiger partial charge in [0.2, 0.25) is 5.78 Å². The van der Waals surface area contributed by atoms with Crippen LogP contribution in [0.1, 0.15) is 35.3 Å². The number of nitrogens with zero attached hydrogens (tertiary/aromatic N) is 3. The van der Waals surface area contributed by atoms with Crippen LogP contribution < -0.4 is 4.74 Å². The van der Waals surface area contributed by atoms with Crippen molar-refractivity contribution in [1.82, 2.24) is 14.8 Å². The van der Waals surface area contributed by atoms with Gasteiger partial charge in [0.1, 0.15) is 11.5 Å². The third-order valence-corrected chi connectivity index (χ3v) is 5.32. The van der Waals surface area contributed by atoms with Crippen molar-refractivity contribution in [2.75, 3.05) is 26.2 Å². The average Bonchev–Trinajstić information content (AvgIpc) is 3.03. The lowest BCUT2D eigenvalue weighted by atomic mass is 10.0. The van der Waals surface area contributed by atoms with E-state index in [2.05, 4.69) is 20.9 Å². The van der Waals surface area contributed by atoms with Crippen LogP contribution in [0.5, 0.6) is 11.5 Å². The van der Waals surface area contributed by atoms with Gasteiger partial charge in [0.15, 0.2) is 5.76 Å². The molecule has 0 unspecified atom stereocenters. The van der Waals surface area contributed by atoms with E-state index in [1.54, 1.807) is 18.3 Å². The number of hydrogen-bond donors (Lipinski definition) is 1. The number of piperazine rings is 1. The van der Waals surface area contributed by atoms with Crippen molar-refractivity contribution in [2.45, 2.75) is 26.9 Å². The molecule has 1 N–H and O–H groups in total. The lowest BCUT2D eigenvalue weighted by Crippen LogP contribution is -2.45. The zero-order valence-electron chi connectivity index (χ0n) is 16.3. The Labute approximate surface area is 165 Å². The minimum Gasteiger partial charge on any atom is -0.507 e. The number of ether oxygens (including phenoxy) is 1. The molecule has 146 valence electrons. The number of phenols is 1. The number of carbonyl (C=O) groups is 1. The van der Waals surface area contributed by atoms with Crippen LogP contribution in [0.15, 0.2) is 48.0 Å². The molecule has 1 aromatic heterocycles. The maximum Gasteiger partial charge on any atom is 0.231 e. The van der Waals surface area contributed by atoms with Gasteiger partial charge < -0.3 is 9.84 Å². The first kappa shape index (κ1) is 18.7. The van der Waals surface area contributed by atoms with Gasteiger partial charge in [-0.25, -0.2) is 0 Å². The summed E-state index contributed by atoms with van der Waals surface area (Å²) in [6.45, 7) is 8.88. The second-order valence-electron chi connectivity index (χ2n) is 7.61. The predicted octanol–water partition coefficient (Wildman–Crippen LogP) is 2.97. The molecular weight excluding hydrogens is 354 g/mol. The fraction of sp³-hybridized carbons (Fsp3) is 0.364. The van der Waals surface area contributed by atoms with Crippen molar-refractivity contribution >= 4 is 5.78 Å². The summed E-state index contributed by atoms with van der Waals surface area (Å²) in [5.41, 5.74) is 3.30. The molecule has 0 saturated carbocycles. The smallest absolute Gasteiger partial charge is 0.231 e. The van der Waals surface area contributed by atoms with E-state index in [0.717, 1.165) is 38.3 Å². The third-order valence-electron chi connectivity index (χ3n) is 5.32. The highest BCUT2D eigenvalue weighted by molar-refractivity contribution is 6.13. The lowest BCUT2D eigenvalue weighted by molar-refractivity contribution is 0.101. The van der Waals surface area contributed by atoms with Crippen molar-refractivity contribution in [1.29, 1.82) is 0 Å². The molecule has 0 amide bonds. The van der Waals surface area contributed by atoms with Crippen LogP contribution >= 0.6 is 0 Å². The van der Waals surface area contributed by atoms with Gasteiger partial charge in [-0.05, 0) is 43.2 Å². The van der Waals surface area contributed by atoms with Gasteiger partial charge in [-0.15, -0.1) is 0 Å². The van der Waals surface area contributed by atoms with Crippen LogP contribution in [0.25, 0.3) is 0 Å². The molecule has 3 heterocycles. The summed E-state index contributed by atoms with van der Waals surface area (Å²) < 4.78 is 5.86. The summed E-state index contributed by atoms with van der Waals surface area (Å²) in [6.07, 6.45) is 3.70. The molecule has 0 spiro atoms. The molecule has 4 rings (SSSR count). The summed E-state index contributed by atoms with van der Waals surface area (Å²) in [5.74, 6) is 0.971. The largest absolute Gasteiger partial charge is 0.507 e. The number of aromatic hydroxyl groups is 1. The minimum absolute atomic E-state index is 0.0995. The number of pyridine rings is 1. The molecule has 6 heteroatoms. The van der Waals surface area contributed by atoms with E-state index in [-0.39, 0.29) is 11.5 Å². The van der Waals surface area contributed by atoms with Crippen LogP contribution in [0.3, 0.4) is 0 Å². The molecule has 1 saturated heterocycles. The van der Waals surface area contributed by atoms with Gasteiger partial charge in [0.25, 0.3) is 0 Å². The third kappa shape index (κ3) is 3.66. The van der Waals surface area contributed by atoms with E-state index >= 15 is 0 Å². The van der Waals surface area contributed by atoms with Gasteiger partial charge >= 0.3 is 0 Å². The van der Waals surface area contributed by atoms with Gasteiger partial charge in [-0.1, -0.05) is 6.07 Å². The highest BCUT2D eigenvalue weighted by Crippen LogP contribution is 2.40. The van der Waals surface area contributed by atoms with Crippen molar-refractivity contribution in [2.24, 2.45) is 0 Å². The van der Waals surface area contributed by atoms with Gasteiger partial charge in [0, 0.05) is 51.7 Å². The number of phenolic OH excluding ortho intramolecular Hbond substituents is 1. The van der Waals surface area contributed by atoms with Gasteiger partial charge in [-0.2, -0.15) is 0 Å². The number of allylic oxidation sites excluding steroid dienone is 2. The molecule has 1 fully saturated rings. The number of fused-ring (bicyclic) bond motifs is 1. The number of benzene rings is 1. The maximum atomic E-state index is 12.5. The first-order valence-corrected chi connectivity index (χ1v) is 9.61. The maximum absolute atomic E-state index is 12.5. The molecule has 2 aliphatic heterocycles. The molecular formula is C22H25N3O3. The number of rotatable bonds is 4. The Balaban J connectivity index is 1.44. The second-order valence-corrected chi connectivity index (χ2v) is 7.61. The standard InChI is InChI=1S/C22H25N3O3/c1-15(2)21-20(27)17-5-6-19(26)18(22(17)28-21)14-25-10-8-24(9-11-25)13-16-4-3-7-23-12-16/h3-7,12,26H,8-11,13-14H2,1-2H3. The van der Waals surface area contributed by atoms with Crippen molar-refractivity contribution in [3.8, 4) is 11.5 Å². The van der Waals surface area contributed by atoms with E-state index < -0.39 is 0 Å². The normalized spacial score (nSPS) is 17.5. The molecule has 0 bridgehead atoms. The Morgan fingerprint density at radius 3 is 2.46 bits per heavy atom. The fourth-order valence-electron chi connectivity index (χ4n) is 3.74. The molecule has 2 aromatic rings. The number of Topliss-reactive ketones (excluding diaryl/α,β-unsaturated/α-hetero) is 1. The van der Waals surface area contributed by atoms with E-state index in [1.165, 1.54) is 5.56 Å². The molecule has 28 heavy (non-hydrogen) atoms. The summed E-state index contributed by atoms with van der Waals surface area (Å²) >= 11 is 0. The summed E-state index contributed by atoms with van der Waals surface area (Å²) in [6, 6.07) is 7.31. The Morgan fingerprint density at radius 2 is 1.82 bits per heavy atom. The number of carbonyl (C=O) groups excluding carboxylic acids is 1. The predicted molar refractivity (Wildman–Crippen MR) is 106 cm³/mol. The zero-order chi connectivity index (χ0) is 19.7. The highest BCUT2D eigenvalue weighted by Gasteiger charge is 2.32. The van der Waals surface area contributed by atoms with E-state index in [0.29, 0.717) is 29.2 Å². The quantitative estimate of drug-likeness (QED) is 0.824. The van der Waals surface area contributed by atoms with Crippen molar-refractivity contribution < 1.29 is 14.6 Å². The van der Waals surface area contributed by atoms with Crippen molar-refractivity contribution in [3.05, 3.63) is 64.7 Å². The SMILES string of the molecule is CC(C)=C1Oc2c(ccc(O)c2CN2CCN(Cc3cccnc3)CC2)C1=O. The van der Waals surface area contributed by atoms with Gasteiger partial charge in [-0.3, -0.25) is 19.6 Å². The van der Waals surface area contributed by atoms with Crippen LogP contribution in [0.2, 0.25) is 0 Å². The van der Waals surface area contributed by atoms with Crippen LogP contribution in [0, 0.1) is 0 Å². The Morgan fingerprint density at radius 1 is 1.11 bits per heavy atom. The number of ketones is 1. The van der Waals surface area contributed by atoms with Crippen LogP contribution in [0.4, 0.5) is 0 Å². The lowest BCUT2D eigenvalue weighted by Gasteiger charge is -2.34. The fourth-order valence-corrected chi connectivity index (χ4v) is 3.74. The number of hydrogen-bond acceptors (Lipinski definition) is 6. The molecule has 2 aliphatic rings. The topological polar surface area (TPSA) is 65.9 Å². The van der Waals surface area contributed by atoms with Gasteiger partial charge in [0.05, 0.1) is 11.1 Å². The molecule has 0 radical (unpaired) electrons. The van der Waals surface area contributed by atoms with E-state index in [9.17, 15) is 9.90 Å². The Bertz CT molecular complexity index is 912. The monoisotopic (exact) mass is 379 g/mol. The zero-order valence-corrected chi connectivity index (χ0v) is 16.3. The first-order chi connectivity index (χ1) is 13.5. The van der Waals surface area contributed by atoms with E-state index in [4.69, 9.17) is 4.74 Å². The summed E-state index contributed by atoms with van der Waals surface area (Å²) in [4.78, 5) is 21.4. The van der Waals surface area contributed by atoms with Crippen LogP contribution in [-0.2, 0) is 13.1 Å². The molecule has 0 atom stereocenters. The molecule has 1 aromatic carbocycles. The molecule has 0 aliphatic carbocycles. The van der Waals surface area contributed by atoms with E-state index in [1.807, 2.05) is 26.1 Å². The van der Waals surface area contributed by atoms with Crippen LogP contribution in [-0.4, -0.2) is 51.9 Å². The van der Waals surface area contributed by atoms with Crippen molar-refractivity contribution in [3.63, 3.8) is 0 Å². The summed E-state index contributed by atoms with van der Waals surface area (Å²) in [5, 5.41) is 10.4. The number of aromatic nitrogens is 1. The highest BCUT2D eigenvalue weighted by atomic mass is 16.5. The Hall–Kier alpha value is -2.70.